The van der Waals surface area contributed by atoms with Crippen molar-refractivity contribution in [3.63, 3.8) is 0 Å². The molecule has 0 aromatic heterocycles. The molecule has 1 heterocycles. The first-order valence-electron chi connectivity index (χ1n) is 8.10. The van der Waals surface area contributed by atoms with E-state index in [0.29, 0.717) is 16.9 Å². The lowest BCUT2D eigenvalue weighted by Crippen LogP contribution is -2.39. The van der Waals surface area contributed by atoms with Crippen molar-refractivity contribution < 1.29 is 9.84 Å². The van der Waals surface area contributed by atoms with Gasteiger partial charge < -0.3 is 9.84 Å². The fraction of sp³-hybridized carbons (Fsp3) is 0.368. The lowest BCUT2D eigenvalue weighted by Gasteiger charge is -2.35. The Labute approximate surface area is 141 Å². The van der Waals surface area contributed by atoms with Gasteiger partial charge in [-0.25, -0.2) is 0 Å². The molecule has 2 fully saturated rings. The Balaban J connectivity index is 1.41. The predicted octanol–water partition coefficient (Wildman–Crippen LogP) is 3.94. The van der Waals surface area contributed by atoms with Gasteiger partial charge in [-0.3, -0.25) is 4.90 Å². The van der Waals surface area contributed by atoms with Crippen LogP contribution in [-0.4, -0.2) is 29.2 Å². The third-order valence-electron chi connectivity index (χ3n) is 4.96. The molecule has 0 radical (unpaired) electrons. The van der Waals surface area contributed by atoms with Gasteiger partial charge in [0.05, 0.1) is 6.10 Å². The molecule has 4 heteroatoms. The monoisotopic (exact) mass is 329 g/mol. The molecule has 2 aliphatic rings. The van der Waals surface area contributed by atoms with Crippen LogP contribution in [0.5, 0.6) is 11.5 Å². The molecule has 1 saturated carbocycles. The summed E-state index contributed by atoms with van der Waals surface area (Å²) < 4.78 is 5.89. The lowest BCUT2D eigenvalue weighted by molar-refractivity contribution is -0.00435. The van der Waals surface area contributed by atoms with Gasteiger partial charge in [-0.15, -0.1) is 0 Å². The molecule has 120 valence electrons. The van der Waals surface area contributed by atoms with E-state index in [1.165, 1.54) is 5.56 Å². The average molecular weight is 330 g/mol. The summed E-state index contributed by atoms with van der Waals surface area (Å²) in [4.78, 5) is 2.44. The topological polar surface area (TPSA) is 32.7 Å². The van der Waals surface area contributed by atoms with Crippen molar-refractivity contribution in [3.8, 4) is 11.5 Å². The van der Waals surface area contributed by atoms with Gasteiger partial charge in [0.1, 0.15) is 11.5 Å². The van der Waals surface area contributed by atoms with E-state index >= 15 is 0 Å². The Morgan fingerprint density at radius 3 is 2.65 bits per heavy atom. The number of ether oxygens (including phenoxy) is 1. The van der Waals surface area contributed by atoms with Gasteiger partial charge in [-0.2, -0.15) is 0 Å². The second-order valence-corrected chi connectivity index (χ2v) is 7.06. The Morgan fingerprint density at radius 1 is 1.09 bits per heavy atom. The minimum Gasteiger partial charge on any atom is -0.457 e. The minimum atomic E-state index is -0.0791. The van der Waals surface area contributed by atoms with Gasteiger partial charge >= 0.3 is 0 Å². The van der Waals surface area contributed by atoms with Crippen molar-refractivity contribution in [1.29, 1.82) is 0 Å². The van der Waals surface area contributed by atoms with Gasteiger partial charge in [-0.1, -0.05) is 23.7 Å². The molecule has 1 aliphatic carbocycles. The smallest absolute Gasteiger partial charge is 0.127 e. The van der Waals surface area contributed by atoms with Crippen LogP contribution in [0, 0.1) is 11.8 Å². The molecule has 0 amide bonds. The molecular weight excluding hydrogens is 310 g/mol. The highest BCUT2D eigenvalue weighted by Gasteiger charge is 2.45. The number of likely N-dealkylation sites (tertiary alicyclic amines) is 1. The highest BCUT2D eigenvalue weighted by molar-refractivity contribution is 6.30. The Bertz CT molecular complexity index is 688. The number of nitrogens with zero attached hydrogens (tertiary/aromatic N) is 1. The third kappa shape index (κ3) is 3.23. The van der Waals surface area contributed by atoms with Gasteiger partial charge in [0, 0.05) is 30.6 Å². The number of halogens is 1. The molecule has 0 spiro atoms. The summed E-state index contributed by atoms with van der Waals surface area (Å²) in [5.41, 5.74) is 1.24. The van der Waals surface area contributed by atoms with E-state index in [2.05, 4.69) is 17.0 Å². The van der Waals surface area contributed by atoms with Crippen LogP contribution in [-0.2, 0) is 6.54 Å². The lowest BCUT2D eigenvalue weighted by atomic mass is 9.74. The maximum absolute atomic E-state index is 9.77. The highest BCUT2D eigenvalue weighted by Crippen LogP contribution is 2.41. The predicted molar refractivity (Wildman–Crippen MR) is 90.8 cm³/mol. The summed E-state index contributed by atoms with van der Waals surface area (Å²) in [5, 5.41) is 10.5. The van der Waals surface area contributed by atoms with Crippen molar-refractivity contribution >= 4 is 11.6 Å². The van der Waals surface area contributed by atoms with E-state index < -0.39 is 0 Å². The number of benzene rings is 2. The summed E-state index contributed by atoms with van der Waals surface area (Å²) in [7, 11) is 0. The zero-order chi connectivity index (χ0) is 15.8. The van der Waals surface area contributed by atoms with Gasteiger partial charge in [0.15, 0.2) is 0 Å². The summed E-state index contributed by atoms with van der Waals surface area (Å²) in [6.07, 6.45) is 0.894. The largest absolute Gasteiger partial charge is 0.457 e. The summed E-state index contributed by atoms with van der Waals surface area (Å²) in [6, 6.07) is 15.6. The molecule has 1 saturated heterocycles. The standard InChI is InChI=1S/C19H20ClNO2/c20-15-4-6-16(7-5-15)23-17-3-1-2-13(8-17)10-21-11-14-9-19(22)18(14)12-21/h1-8,14,18-19,22H,9-12H2/t14-,18+,19+/m1/s1. The van der Waals surface area contributed by atoms with E-state index in [0.717, 1.165) is 37.6 Å². The molecule has 0 bridgehead atoms. The Hall–Kier alpha value is -1.55. The van der Waals surface area contributed by atoms with Crippen molar-refractivity contribution in [1.82, 2.24) is 4.90 Å². The van der Waals surface area contributed by atoms with E-state index in [1.54, 1.807) is 0 Å². The van der Waals surface area contributed by atoms with E-state index in [-0.39, 0.29) is 6.10 Å². The zero-order valence-electron chi connectivity index (χ0n) is 12.9. The maximum Gasteiger partial charge on any atom is 0.127 e. The summed E-state index contributed by atoms with van der Waals surface area (Å²) in [5.74, 6) is 2.81. The number of aliphatic hydroxyl groups is 1. The third-order valence-corrected chi connectivity index (χ3v) is 5.21. The minimum absolute atomic E-state index is 0.0791. The Morgan fingerprint density at radius 2 is 1.91 bits per heavy atom. The number of fused-ring (bicyclic) bond motifs is 1. The summed E-state index contributed by atoms with van der Waals surface area (Å²) >= 11 is 5.90. The molecule has 0 unspecified atom stereocenters. The van der Waals surface area contributed by atoms with Gasteiger partial charge in [0.25, 0.3) is 0 Å². The normalized spacial score (nSPS) is 26.6. The zero-order valence-corrected chi connectivity index (χ0v) is 13.6. The van der Waals surface area contributed by atoms with Crippen LogP contribution in [0.3, 0.4) is 0 Å². The maximum atomic E-state index is 9.77. The second kappa shape index (κ2) is 6.16. The number of rotatable bonds is 4. The molecule has 3 nitrogen and oxygen atoms in total. The number of hydrogen-bond donors (Lipinski definition) is 1. The van der Waals surface area contributed by atoms with Crippen molar-refractivity contribution in [2.75, 3.05) is 13.1 Å². The first-order chi connectivity index (χ1) is 11.2. The molecule has 3 atom stereocenters. The SMILES string of the molecule is O[C@H]1C[C@@H]2CN(Cc3cccc(Oc4ccc(Cl)cc4)c3)C[C@@H]21. The fourth-order valence-corrected chi connectivity index (χ4v) is 3.82. The van der Waals surface area contributed by atoms with E-state index in [1.807, 2.05) is 36.4 Å². The van der Waals surface area contributed by atoms with Crippen LogP contribution in [0.4, 0.5) is 0 Å². The highest BCUT2D eigenvalue weighted by atomic mass is 35.5. The van der Waals surface area contributed by atoms with Crippen LogP contribution in [0.1, 0.15) is 12.0 Å². The molecule has 1 N–H and O–H groups in total. The van der Waals surface area contributed by atoms with Crippen LogP contribution in [0.15, 0.2) is 48.5 Å². The van der Waals surface area contributed by atoms with Crippen molar-refractivity contribution in [3.05, 3.63) is 59.1 Å². The summed E-state index contributed by atoms with van der Waals surface area (Å²) in [6.45, 7) is 3.02. The quantitative estimate of drug-likeness (QED) is 0.922. The molecule has 2 aromatic rings. The van der Waals surface area contributed by atoms with Crippen LogP contribution < -0.4 is 4.74 Å². The first-order valence-corrected chi connectivity index (χ1v) is 8.48. The average Bonchev–Trinajstić information content (AvgIpc) is 2.86. The van der Waals surface area contributed by atoms with Crippen LogP contribution >= 0.6 is 11.6 Å². The molecular formula is C19H20ClNO2. The van der Waals surface area contributed by atoms with Crippen LogP contribution in [0.25, 0.3) is 0 Å². The van der Waals surface area contributed by atoms with Crippen molar-refractivity contribution in [2.45, 2.75) is 19.1 Å². The fourth-order valence-electron chi connectivity index (χ4n) is 3.70. The van der Waals surface area contributed by atoms with Crippen molar-refractivity contribution in [2.24, 2.45) is 11.8 Å². The first kappa shape index (κ1) is 15.0. The van der Waals surface area contributed by atoms with E-state index in [4.69, 9.17) is 16.3 Å². The molecule has 1 aliphatic heterocycles. The number of aliphatic hydroxyl groups excluding tert-OH is 1. The second-order valence-electron chi connectivity index (χ2n) is 6.62. The molecule has 23 heavy (non-hydrogen) atoms. The van der Waals surface area contributed by atoms with E-state index in [9.17, 15) is 5.11 Å². The number of hydrogen-bond acceptors (Lipinski definition) is 3. The Kier molecular flexibility index (Phi) is 4.02. The van der Waals surface area contributed by atoms with Gasteiger partial charge in [0.2, 0.25) is 0 Å². The molecule has 4 rings (SSSR count). The molecule has 2 aromatic carbocycles. The van der Waals surface area contributed by atoms with Gasteiger partial charge in [-0.05, 0) is 54.3 Å². The van der Waals surface area contributed by atoms with Crippen LogP contribution in [0.2, 0.25) is 5.02 Å².